The van der Waals surface area contributed by atoms with Gasteiger partial charge in [-0.2, -0.15) is 0 Å². The Labute approximate surface area is 169 Å². The first-order chi connectivity index (χ1) is 13.7. The highest BCUT2D eigenvalue weighted by atomic mass is 31.1. The average Bonchev–Trinajstić information content (AvgIpc) is 2.73. The first-order valence-electron chi connectivity index (χ1n) is 10.2. The number of hydrogen-bond acceptors (Lipinski definition) is 2. The highest BCUT2D eigenvalue weighted by Gasteiger charge is 2.36. The van der Waals surface area contributed by atoms with Crippen LogP contribution in [0, 0.1) is 0 Å². The second-order valence-corrected chi connectivity index (χ2v) is 10.1. The molecule has 3 aromatic carbocycles. The van der Waals surface area contributed by atoms with Crippen molar-refractivity contribution in [3.8, 4) is 0 Å². The summed E-state index contributed by atoms with van der Waals surface area (Å²) in [6.07, 6.45) is 5.27. The van der Waals surface area contributed by atoms with Crippen molar-refractivity contribution in [1.82, 2.24) is 0 Å². The molecule has 4 N–H and O–H groups in total. The zero-order chi connectivity index (χ0) is 19.4. The fraction of sp³-hybridized carbons (Fsp3) is 0.280. The van der Waals surface area contributed by atoms with Crippen molar-refractivity contribution in [1.29, 1.82) is 0 Å². The van der Waals surface area contributed by atoms with Crippen LogP contribution in [0.4, 0.5) is 0 Å². The molecule has 0 spiro atoms. The molecule has 0 aliphatic heterocycles. The van der Waals surface area contributed by atoms with Gasteiger partial charge in [0, 0.05) is 11.6 Å². The molecule has 2 atom stereocenters. The third-order valence-corrected chi connectivity index (χ3v) is 8.47. The van der Waals surface area contributed by atoms with Crippen LogP contribution in [0.15, 0.2) is 84.9 Å². The SMILES string of the molecule is NC1CCCCC1(N)Cc1ccccc1P(c1ccccc1)c1ccccc1. The minimum Gasteiger partial charge on any atom is -0.326 e. The second kappa shape index (κ2) is 8.57. The third-order valence-electron chi connectivity index (χ3n) is 5.93. The van der Waals surface area contributed by atoms with E-state index in [1.165, 1.54) is 34.3 Å². The predicted octanol–water partition coefficient (Wildman–Crippen LogP) is 3.59. The Balaban J connectivity index is 1.78. The van der Waals surface area contributed by atoms with Gasteiger partial charge in [0.1, 0.15) is 0 Å². The van der Waals surface area contributed by atoms with Crippen molar-refractivity contribution in [2.75, 3.05) is 0 Å². The zero-order valence-electron chi connectivity index (χ0n) is 16.3. The van der Waals surface area contributed by atoms with Gasteiger partial charge in [0.05, 0.1) is 0 Å². The van der Waals surface area contributed by atoms with Crippen molar-refractivity contribution in [2.45, 2.75) is 43.7 Å². The number of hydrogen-bond donors (Lipinski definition) is 2. The van der Waals surface area contributed by atoms with E-state index in [4.69, 9.17) is 11.5 Å². The fourth-order valence-electron chi connectivity index (χ4n) is 4.33. The van der Waals surface area contributed by atoms with Crippen molar-refractivity contribution in [3.05, 3.63) is 90.5 Å². The summed E-state index contributed by atoms with van der Waals surface area (Å²) in [4.78, 5) is 0. The van der Waals surface area contributed by atoms with E-state index in [2.05, 4.69) is 84.9 Å². The van der Waals surface area contributed by atoms with Gasteiger partial charge in [0.2, 0.25) is 0 Å². The van der Waals surface area contributed by atoms with E-state index in [9.17, 15) is 0 Å². The maximum atomic E-state index is 6.86. The lowest BCUT2D eigenvalue weighted by Gasteiger charge is -2.40. The standard InChI is InChI=1S/C25H29N2P/c26-24-17-9-10-18-25(24,27)19-20-11-7-8-16-23(20)28(21-12-3-1-4-13-21)22-14-5-2-6-15-22/h1-8,11-16,24H,9-10,17-19,26-27H2. The molecule has 0 amide bonds. The van der Waals surface area contributed by atoms with E-state index in [0.717, 1.165) is 19.3 Å². The molecule has 28 heavy (non-hydrogen) atoms. The van der Waals surface area contributed by atoms with E-state index in [1.807, 2.05) is 0 Å². The number of benzene rings is 3. The van der Waals surface area contributed by atoms with Gasteiger partial charge >= 0.3 is 0 Å². The van der Waals surface area contributed by atoms with E-state index in [-0.39, 0.29) is 11.6 Å². The molecule has 0 bridgehead atoms. The summed E-state index contributed by atoms with van der Waals surface area (Å²) in [6.45, 7) is 0. The minimum absolute atomic E-state index is 0.0778. The van der Waals surface area contributed by atoms with Crippen molar-refractivity contribution < 1.29 is 0 Å². The molecule has 1 aliphatic rings. The van der Waals surface area contributed by atoms with Gasteiger partial charge in [-0.1, -0.05) is 97.8 Å². The second-order valence-electron chi connectivity index (χ2n) is 7.90. The first kappa shape index (κ1) is 19.3. The Morgan fingerprint density at radius 1 is 0.786 bits per heavy atom. The molecule has 0 aromatic heterocycles. The lowest BCUT2D eigenvalue weighted by Crippen LogP contribution is -2.58. The lowest BCUT2D eigenvalue weighted by atomic mass is 9.75. The quantitative estimate of drug-likeness (QED) is 0.657. The Bertz CT molecular complexity index is 857. The summed E-state index contributed by atoms with van der Waals surface area (Å²) in [5, 5.41) is 4.14. The van der Waals surface area contributed by atoms with Gasteiger partial charge in [0.15, 0.2) is 0 Å². The minimum atomic E-state index is -0.627. The van der Waals surface area contributed by atoms with Crippen LogP contribution in [0.3, 0.4) is 0 Å². The topological polar surface area (TPSA) is 52.0 Å². The summed E-state index contributed by atoms with van der Waals surface area (Å²) in [6, 6.07) is 30.6. The van der Waals surface area contributed by atoms with Crippen LogP contribution in [-0.4, -0.2) is 11.6 Å². The molecule has 4 rings (SSSR count). The molecule has 2 unspecified atom stereocenters. The normalized spacial score (nSPS) is 22.3. The van der Waals surface area contributed by atoms with Crippen LogP contribution in [0.25, 0.3) is 0 Å². The van der Waals surface area contributed by atoms with Crippen molar-refractivity contribution in [3.63, 3.8) is 0 Å². The van der Waals surface area contributed by atoms with Crippen LogP contribution in [0.5, 0.6) is 0 Å². The summed E-state index contributed by atoms with van der Waals surface area (Å²) in [7, 11) is -0.627. The molecule has 3 heteroatoms. The largest absolute Gasteiger partial charge is 0.326 e. The predicted molar refractivity (Wildman–Crippen MR) is 122 cm³/mol. The molecule has 2 nitrogen and oxygen atoms in total. The van der Waals surface area contributed by atoms with Crippen LogP contribution in [0.2, 0.25) is 0 Å². The molecule has 0 saturated heterocycles. The smallest absolute Gasteiger partial charge is 0.0348 e. The van der Waals surface area contributed by atoms with Gasteiger partial charge in [-0.05, 0) is 48.7 Å². The number of rotatable bonds is 5. The molecule has 3 aromatic rings. The average molecular weight is 388 g/mol. The molecular formula is C25H29N2P. The monoisotopic (exact) mass is 388 g/mol. The van der Waals surface area contributed by atoms with Gasteiger partial charge in [-0.15, -0.1) is 0 Å². The van der Waals surface area contributed by atoms with E-state index >= 15 is 0 Å². The Kier molecular flexibility index (Phi) is 5.92. The van der Waals surface area contributed by atoms with Gasteiger partial charge in [-0.3, -0.25) is 0 Å². The third kappa shape index (κ3) is 4.05. The van der Waals surface area contributed by atoms with Gasteiger partial charge in [0.25, 0.3) is 0 Å². The Hall–Kier alpha value is -1.99. The first-order valence-corrected chi connectivity index (χ1v) is 11.5. The van der Waals surface area contributed by atoms with E-state index in [1.54, 1.807) is 0 Å². The summed E-state index contributed by atoms with van der Waals surface area (Å²) in [5.74, 6) is 0. The summed E-state index contributed by atoms with van der Waals surface area (Å²) < 4.78 is 0. The van der Waals surface area contributed by atoms with Crippen LogP contribution in [0.1, 0.15) is 31.2 Å². The molecular weight excluding hydrogens is 359 g/mol. The van der Waals surface area contributed by atoms with Crippen LogP contribution < -0.4 is 27.4 Å². The van der Waals surface area contributed by atoms with E-state index < -0.39 is 7.92 Å². The van der Waals surface area contributed by atoms with Crippen molar-refractivity contribution in [2.24, 2.45) is 11.5 Å². The van der Waals surface area contributed by atoms with Gasteiger partial charge in [-0.25, -0.2) is 0 Å². The Morgan fingerprint density at radius 3 is 1.96 bits per heavy atom. The lowest BCUT2D eigenvalue weighted by molar-refractivity contribution is 0.251. The van der Waals surface area contributed by atoms with Crippen LogP contribution >= 0.6 is 7.92 Å². The van der Waals surface area contributed by atoms with Crippen LogP contribution in [-0.2, 0) is 6.42 Å². The maximum absolute atomic E-state index is 6.86. The molecule has 1 fully saturated rings. The molecule has 0 heterocycles. The molecule has 0 radical (unpaired) electrons. The fourth-order valence-corrected chi connectivity index (χ4v) is 6.80. The van der Waals surface area contributed by atoms with E-state index in [0.29, 0.717) is 0 Å². The summed E-state index contributed by atoms with van der Waals surface area (Å²) in [5.41, 5.74) is 14.4. The van der Waals surface area contributed by atoms with Gasteiger partial charge < -0.3 is 11.5 Å². The summed E-state index contributed by atoms with van der Waals surface area (Å²) >= 11 is 0. The number of nitrogens with two attached hydrogens (primary N) is 2. The maximum Gasteiger partial charge on any atom is 0.0348 e. The zero-order valence-corrected chi connectivity index (χ0v) is 17.2. The Morgan fingerprint density at radius 2 is 1.36 bits per heavy atom. The highest BCUT2D eigenvalue weighted by Crippen LogP contribution is 2.36. The highest BCUT2D eigenvalue weighted by molar-refractivity contribution is 7.79. The molecule has 1 aliphatic carbocycles. The molecule has 144 valence electrons. The van der Waals surface area contributed by atoms with Crippen molar-refractivity contribution >= 4 is 23.8 Å². The molecule has 1 saturated carbocycles.